The van der Waals surface area contributed by atoms with Gasteiger partial charge >= 0.3 is 5.97 Å². The molecule has 1 aromatic heterocycles. The molecule has 1 aliphatic heterocycles. The van der Waals surface area contributed by atoms with Gasteiger partial charge in [-0.2, -0.15) is 0 Å². The number of aromatic nitrogens is 2. The highest BCUT2D eigenvalue weighted by atomic mass is 16.4. The van der Waals surface area contributed by atoms with Gasteiger partial charge in [0.1, 0.15) is 0 Å². The van der Waals surface area contributed by atoms with Crippen LogP contribution in [0.4, 0.5) is 0 Å². The average Bonchev–Trinajstić information content (AvgIpc) is 3.02. The van der Waals surface area contributed by atoms with Gasteiger partial charge in [-0.15, -0.1) is 0 Å². The third kappa shape index (κ3) is 2.53. The summed E-state index contributed by atoms with van der Waals surface area (Å²) >= 11 is 0. The molecule has 1 unspecified atom stereocenters. The Kier molecular flexibility index (Phi) is 3.43. The number of carboxylic acids is 1. The molecule has 0 bridgehead atoms. The molecular formula is C15H15N3O2. The van der Waals surface area contributed by atoms with Crippen LogP contribution < -0.4 is 5.32 Å². The van der Waals surface area contributed by atoms with Gasteiger partial charge in [0.15, 0.2) is 0 Å². The smallest absolute Gasteiger partial charge is 0.335 e. The number of rotatable bonds is 3. The minimum atomic E-state index is -0.938. The van der Waals surface area contributed by atoms with E-state index in [-0.39, 0.29) is 5.56 Å². The van der Waals surface area contributed by atoms with Crippen molar-refractivity contribution in [3.8, 4) is 11.3 Å². The first kappa shape index (κ1) is 12.7. The summed E-state index contributed by atoms with van der Waals surface area (Å²) in [6.45, 7) is 1.02. The molecule has 1 saturated heterocycles. The molecular weight excluding hydrogens is 254 g/mol. The van der Waals surface area contributed by atoms with Gasteiger partial charge in [-0.3, -0.25) is 9.97 Å². The van der Waals surface area contributed by atoms with Crippen molar-refractivity contribution in [3.63, 3.8) is 0 Å². The normalized spacial score (nSPS) is 18.1. The Balaban J connectivity index is 1.87. The topological polar surface area (TPSA) is 75.1 Å². The largest absolute Gasteiger partial charge is 0.478 e. The van der Waals surface area contributed by atoms with Crippen molar-refractivity contribution in [1.82, 2.24) is 15.3 Å². The third-order valence-electron chi connectivity index (χ3n) is 3.49. The second-order valence-electron chi connectivity index (χ2n) is 4.86. The van der Waals surface area contributed by atoms with Crippen LogP contribution in [-0.4, -0.2) is 27.6 Å². The van der Waals surface area contributed by atoms with E-state index in [0.29, 0.717) is 11.7 Å². The van der Waals surface area contributed by atoms with E-state index in [9.17, 15) is 4.79 Å². The number of benzene rings is 1. The Morgan fingerprint density at radius 3 is 2.85 bits per heavy atom. The number of nitrogens with zero attached hydrogens (tertiary/aromatic N) is 2. The van der Waals surface area contributed by atoms with Crippen LogP contribution >= 0.6 is 0 Å². The summed E-state index contributed by atoms with van der Waals surface area (Å²) in [7, 11) is 0. The summed E-state index contributed by atoms with van der Waals surface area (Å²) in [5.41, 5.74) is 2.66. The zero-order chi connectivity index (χ0) is 13.9. The molecule has 2 heterocycles. The van der Waals surface area contributed by atoms with Crippen LogP contribution in [0.25, 0.3) is 11.3 Å². The van der Waals surface area contributed by atoms with E-state index in [1.807, 2.05) is 6.07 Å². The van der Waals surface area contributed by atoms with Gasteiger partial charge in [0, 0.05) is 5.56 Å². The van der Waals surface area contributed by atoms with Gasteiger partial charge in [-0.1, -0.05) is 12.1 Å². The first-order valence-corrected chi connectivity index (χ1v) is 6.63. The zero-order valence-electron chi connectivity index (χ0n) is 10.9. The van der Waals surface area contributed by atoms with E-state index < -0.39 is 5.97 Å². The number of aromatic carboxylic acids is 1. The van der Waals surface area contributed by atoms with Crippen LogP contribution in [0.2, 0.25) is 0 Å². The van der Waals surface area contributed by atoms with Crippen molar-refractivity contribution in [2.45, 2.75) is 18.9 Å². The lowest BCUT2D eigenvalue weighted by molar-refractivity contribution is 0.0697. The number of hydrogen-bond acceptors (Lipinski definition) is 4. The molecule has 0 amide bonds. The predicted molar refractivity (Wildman–Crippen MR) is 74.4 cm³/mol. The van der Waals surface area contributed by atoms with Gasteiger partial charge in [-0.05, 0) is 31.5 Å². The third-order valence-corrected chi connectivity index (χ3v) is 3.49. The number of carbonyl (C=O) groups is 1. The zero-order valence-corrected chi connectivity index (χ0v) is 10.9. The first-order chi connectivity index (χ1) is 9.74. The lowest BCUT2D eigenvalue weighted by Gasteiger charge is -2.09. The van der Waals surface area contributed by atoms with Crippen molar-refractivity contribution >= 4 is 5.97 Å². The van der Waals surface area contributed by atoms with Gasteiger partial charge < -0.3 is 10.4 Å². The fraction of sp³-hybridized carbons (Fsp3) is 0.267. The number of hydrogen-bond donors (Lipinski definition) is 2. The second-order valence-corrected chi connectivity index (χ2v) is 4.86. The van der Waals surface area contributed by atoms with Gasteiger partial charge in [0.25, 0.3) is 0 Å². The van der Waals surface area contributed by atoms with E-state index in [0.717, 1.165) is 30.6 Å². The second kappa shape index (κ2) is 5.38. The molecule has 2 N–H and O–H groups in total. The summed E-state index contributed by atoms with van der Waals surface area (Å²) < 4.78 is 0. The summed E-state index contributed by atoms with van der Waals surface area (Å²) in [5.74, 6) is -0.938. The maximum Gasteiger partial charge on any atom is 0.335 e. The molecule has 1 aliphatic rings. The fourth-order valence-corrected chi connectivity index (χ4v) is 2.42. The average molecular weight is 269 g/mol. The summed E-state index contributed by atoms with van der Waals surface area (Å²) in [4.78, 5) is 19.8. The molecule has 0 saturated carbocycles. The van der Waals surface area contributed by atoms with Crippen molar-refractivity contribution < 1.29 is 9.90 Å². The molecule has 0 aliphatic carbocycles. The molecule has 2 aromatic rings. The minimum absolute atomic E-state index is 0.255. The Hall–Kier alpha value is -2.27. The van der Waals surface area contributed by atoms with Crippen molar-refractivity contribution in [2.24, 2.45) is 0 Å². The van der Waals surface area contributed by atoms with E-state index in [1.165, 1.54) is 0 Å². The SMILES string of the molecule is O=C(O)c1cccc(-c2cnc(C3CCCN3)cn2)c1. The quantitative estimate of drug-likeness (QED) is 0.894. The summed E-state index contributed by atoms with van der Waals surface area (Å²) in [6.07, 6.45) is 5.72. The molecule has 1 aromatic carbocycles. The van der Waals surface area contributed by atoms with Crippen molar-refractivity contribution in [3.05, 3.63) is 47.9 Å². The molecule has 1 atom stereocenters. The molecule has 20 heavy (non-hydrogen) atoms. The highest BCUT2D eigenvalue weighted by Gasteiger charge is 2.17. The number of nitrogens with one attached hydrogen (secondary N) is 1. The van der Waals surface area contributed by atoms with Gasteiger partial charge in [0.05, 0.1) is 35.4 Å². The van der Waals surface area contributed by atoms with Crippen LogP contribution in [0.5, 0.6) is 0 Å². The van der Waals surface area contributed by atoms with Crippen molar-refractivity contribution in [2.75, 3.05) is 6.54 Å². The van der Waals surface area contributed by atoms with Crippen LogP contribution in [0.1, 0.15) is 34.9 Å². The van der Waals surface area contributed by atoms with E-state index >= 15 is 0 Å². The van der Waals surface area contributed by atoms with Crippen LogP contribution in [-0.2, 0) is 0 Å². The molecule has 102 valence electrons. The number of carboxylic acid groups (broad SMARTS) is 1. The lowest BCUT2D eigenvalue weighted by Crippen LogP contribution is -2.14. The Morgan fingerprint density at radius 2 is 2.20 bits per heavy atom. The monoisotopic (exact) mass is 269 g/mol. The summed E-state index contributed by atoms with van der Waals surface area (Å²) in [5, 5.41) is 12.4. The maximum absolute atomic E-state index is 11.0. The Morgan fingerprint density at radius 1 is 1.30 bits per heavy atom. The molecule has 3 rings (SSSR count). The molecule has 5 nitrogen and oxygen atoms in total. The molecule has 1 fully saturated rings. The molecule has 5 heteroatoms. The Labute approximate surface area is 116 Å². The van der Waals surface area contributed by atoms with Gasteiger partial charge in [-0.25, -0.2) is 4.79 Å². The molecule has 0 spiro atoms. The van der Waals surface area contributed by atoms with Crippen LogP contribution in [0.15, 0.2) is 36.7 Å². The Bertz CT molecular complexity index is 619. The van der Waals surface area contributed by atoms with Gasteiger partial charge in [0.2, 0.25) is 0 Å². The van der Waals surface area contributed by atoms with E-state index in [2.05, 4.69) is 15.3 Å². The van der Waals surface area contributed by atoms with E-state index in [1.54, 1.807) is 30.6 Å². The van der Waals surface area contributed by atoms with Crippen LogP contribution in [0, 0.1) is 0 Å². The van der Waals surface area contributed by atoms with Crippen molar-refractivity contribution in [1.29, 1.82) is 0 Å². The lowest BCUT2D eigenvalue weighted by atomic mass is 10.1. The maximum atomic E-state index is 11.0. The minimum Gasteiger partial charge on any atom is -0.478 e. The molecule has 0 radical (unpaired) electrons. The highest BCUT2D eigenvalue weighted by Crippen LogP contribution is 2.23. The first-order valence-electron chi connectivity index (χ1n) is 6.63. The standard InChI is InChI=1S/C15H15N3O2/c19-15(20)11-4-1-3-10(7-11)13-8-18-14(9-17-13)12-5-2-6-16-12/h1,3-4,7-9,12,16H,2,5-6H2,(H,19,20). The fourth-order valence-electron chi connectivity index (χ4n) is 2.42. The highest BCUT2D eigenvalue weighted by molar-refractivity contribution is 5.89. The van der Waals surface area contributed by atoms with E-state index in [4.69, 9.17) is 5.11 Å². The predicted octanol–water partition coefficient (Wildman–Crippen LogP) is 2.27. The van der Waals surface area contributed by atoms with Crippen LogP contribution in [0.3, 0.4) is 0 Å². The summed E-state index contributed by atoms with van der Waals surface area (Å²) in [6, 6.07) is 7.02.